The minimum Gasteiger partial charge on any atom is -0.273 e. The van der Waals surface area contributed by atoms with Crippen molar-refractivity contribution >= 4 is 5.91 Å². The van der Waals surface area contributed by atoms with Crippen molar-refractivity contribution in [2.75, 3.05) is 0 Å². The van der Waals surface area contributed by atoms with Gasteiger partial charge in [0.15, 0.2) is 0 Å². The number of aromatic nitrogens is 2. The van der Waals surface area contributed by atoms with Crippen LogP contribution in [0.4, 0.5) is 0 Å². The van der Waals surface area contributed by atoms with Crippen LogP contribution in [0.2, 0.25) is 0 Å². The van der Waals surface area contributed by atoms with Crippen LogP contribution in [0, 0.1) is 13.8 Å². The molecule has 0 amide bonds. The Kier molecular flexibility index (Phi) is 3.86. The van der Waals surface area contributed by atoms with Crippen molar-refractivity contribution in [1.82, 2.24) is 9.78 Å². The van der Waals surface area contributed by atoms with Crippen LogP contribution in [0.15, 0.2) is 6.07 Å². The van der Waals surface area contributed by atoms with Crippen LogP contribution in [0.1, 0.15) is 48.8 Å². The van der Waals surface area contributed by atoms with Gasteiger partial charge in [-0.05, 0) is 26.3 Å². The minimum absolute atomic E-state index is 0.115. The van der Waals surface area contributed by atoms with Crippen LogP contribution in [-0.4, -0.2) is 15.7 Å². The van der Waals surface area contributed by atoms with E-state index in [1.165, 1.54) is 4.68 Å². The van der Waals surface area contributed by atoms with Gasteiger partial charge in [-0.15, -0.1) is 0 Å². The molecule has 0 spiro atoms. The summed E-state index contributed by atoms with van der Waals surface area (Å²) in [5.41, 5.74) is 1.84. The number of nitrogens with zero attached hydrogens (tertiary/aromatic N) is 2. The Morgan fingerprint density at radius 1 is 1.43 bits per heavy atom. The second-order valence-corrected chi connectivity index (χ2v) is 3.69. The molecule has 78 valence electrons. The first-order chi connectivity index (χ1) is 6.65. The highest BCUT2D eigenvalue weighted by molar-refractivity contribution is 5.78. The maximum Gasteiger partial charge on any atom is 0.247 e. The Labute approximate surface area is 85.1 Å². The summed E-state index contributed by atoms with van der Waals surface area (Å²) in [7, 11) is 0. The highest BCUT2D eigenvalue weighted by Crippen LogP contribution is 2.06. The normalized spacial score (nSPS) is 10.5. The molecule has 0 unspecified atom stereocenters. The Morgan fingerprint density at radius 3 is 2.64 bits per heavy atom. The molecule has 0 bridgehead atoms. The lowest BCUT2D eigenvalue weighted by Gasteiger charge is -2.01. The monoisotopic (exact) mass is 194 g/mol. The van der Waals surface area contributed by atoms with Gasteiger partial charge in [0.2, 0.25) is 5.91 Å². The summed E-state index contributed by atoms with van der Waals surface area (Å²) in [4.78, 5) is 11.7. The average Bonchev–Trinajstić information content (AvgIpc) is 2.45. The molecule has 1 aromatic rings. The van der Waals surface area contributed by atoms with Crippen LogP contribution in [0.3, 0.4) is 0 Å². The lowest BCUT2D eigenvalue weighted by molar-refractivity contribution is 0.0880. The van der Waals surface area contributed by atoms with Gasteiger partial charge in [-0.1, -0.05) is 19.8 Å². The highest BCUT2D eigenvalue weighted by atomic mass is 16.2. The summed E-state index contributed by atoms with van der Waals surface area (Å²) in [6.07, 6.45) is 3.83. The number of hydrogen-bond acceptors (Lipinski definition) is 2. The number of rotatable bonds is 4. The first-order valence-electron chi connectivity index (χ1n) is 5.21. The van der Waals surface area contributed by atoms with Crippen LogP contribution in [0.25, 0.3) is 0 Å². The van der Waals surface area contributed by atoms with E-state index < -0.39 is 0 Å². The molecule has 3 heteroatoms. The van der Waals surface area contributed by atoms with Crippen molar-refractivity contribution in [1.29, 1.82) is 0 Å². The van der Waals surface area contributed by atoms with Gasteiger partial charge >= 0.3 is 0 Å². The van der Waals surface area contributed by atoms with Gasteiger partial charge in [-0.3, -0.25) is 4.79 Å². The van der Waals surface area contributed by atoms with E-state index in [0.717, 1.165) is 30.7 Å². The van der Waals surface area contributed by atoms with E-state index in [1.807, 2.05) is 19.9 Å². The first kappa shape index (κ1) is 11.0. The molecule has 0 saturated heterocycles. The summed E-state index contributed by atoms with van der Waals surface area (Å²) >= 11 is 0. The Hall–Kier alpha value is -1.12. The van der Waals surface area contributed by atoms with Gasteiger partial charge in [-0.2, -0.15) is 5.10 Å². The summed E-state index contributed by atoms with van der Waals surface area (Å²) in [5.74, 6) is 0.115. The van der Waals surface area contributed by atoms with E-state index in [9.17, 15) is 4.79 Å². The van der Waals surface area contributed by atoms with Crippen molar-refractivity contribution in [3.05, 3.63) is 17.5 Å². The summed E-state index contributed by atoms with van der Waals surface area (Å²) in [5, 5.41) is 4.16. The van der Waals surface area contributed by atoms with Crippen LogP contribution in [0.5, 0.6) is 0 Å². The standard InChI is InChI=1S/C11H18N2O/c1-4-5-6-7-11(14)13-10(3)8-9(2)12-13/h8H,4-7H2,1-3H3. The fraction of sp³-hybridized carbons (Fsp3) is 0.636. The topological polar surface area (TPSA) is 34.9 Å². The maximum absolute atomic E-state index is 11.7. The molecule has 0 atom stereocenters. The van der Waals surface area contributed by atoms with Gasteiger partial charge in [0, 0.05) is 12.1 Å². The van der Waals surface area contributed by atoms with Crippen molar-refractivity contribution in [2.45, 2.75) is 46.5 Å². The van der Waals surface area contributed by atoms with Crippen LogP contribution >= 0.6 is 0 Å². The second kappa shape index (κ2) is 4.94. The van der Waals surface area contributed by atoms with Crippen LogP contribution < -0.4 is 0 Å². The van der Waals surface area contributed by atoms with Gasteiger partial charge in [0.1, 0.15) is 0 Å². The fourth-order valence-corrected chi connectivity index (χ4v) is 1.51. The number of hydrogen-bond donors (Lipinski definition) is 0. The maximum atomic E-state index is 11.7. The van der Waals surface area contributed by atoms with Gasteiger partial charge < -0.3 is 0 Å². The summed E-state index contributed by atoms with van der Waals surface area (Å²) < 4.78 is 1.52. The number of carbonyl (C=O) groups is 1. The third-order valence-corrected chi connectivity index (χ3v) is 2.24. The largest absolute Gasteiger partial charge is 0.273 e. The zero-order valence-corrected chi connectivity index (χ0v) is 9.21. The Morgan fingerprint density at radius 2 is 2.14 bits per heavy atom. The van der Waals surface area contributed by atoms with E-state index in [4.69, 9.17) is 0 Å². The summed E-state index contributed by atoms with van der Waals surface area (Å²) in [6.45, 7) is 5.95. The van der Waals surface area contributed by atoms with E-state index in [0.29, 0.717) is 6.42 Å². The van der Waals surface area contributed by atoms with Gasteiger partial charge in [0.25, 0.3) is 0 Å². The van der Waals surface area contributed by atoms with E-state index in [1.54, 1.807) is 0 Å². The molecule has 0 aromatic carbocycles. The van der Waals surface area contributed by atoms with Crippen molar-refractivity contribution in [3.8, 4) is 0 Å². The molecular weight excluding hydrogens is 176 g/mol. The third-order valence-electron chi connectivity index (χ3n) is 2.24. The number of carbonyl (C=O) groups excluding carboxylic acids is 1. The van der Waals surface area contributed by atoms with Gasteiger partial charge in [0.05, 0.1) is 5.69 Å². The second-order valence-electron chi connectivity index (χ2n) is 3.69. The Bertz CT molecular complexity index is 315. The molecule has 14 heavy (non-hydrogen) atoms. The van der Waals surface area contributed by atoms with Crippen molar-refractivity contribution < 1.29 is 4.79 Å². The Balaban J connectivity index is 2.56. The molecule has 0 aliphatic carbocycles. The molecule has 3 nitrogen and oxygen atoms in total. The van der Waals surface area contributed by atoms with Crippen molar-refractivity contribution in [3.63, 3.8) is 0 Å². The third kappa shape index (κ3) is 2.69. The van der Waals surface area contributed by atoms with E-state index in [-0.39, 0.29) is 5.91 Å². The van der Waals surface area contributed by atoms with Crippen molar-refractivity contribution in [2.24, 2.45) is 0 Å². The molecule has 1 heterocycles. The molecule has 1 aromatic heterocycles. The number of unbranched alkanes of at least 4 members (excludes halogenated alkanes) is 2. The average molecular weight is 194 g/mol. The fourth-order valence-electron chi connectivity index (χ4n) is 1.51. The molecule has 0 fully saturated rings. The van der Waals surface area contributed by atoms with Gasteiger partial charge in [-0.25, -0.2) is 4.68 Å². The van der Waals surface area contributed by atoms with E-state index >= 15 is 0 Å². The predicted molar refractivity (Wildman–Crippen MR) is 56.5 cm³/mol. The summed E-state index contributed by atoms with van der Waals surface area (Å²) in [6, 6.07) is 1.93. The molecule has 0 saturated carbocycles. The SMILES string of the molecule is CCCCCC(=O)n1nc(C)cc1C. The smallest absolute Gasteiger partial charge is 0.247 e. The molecule has 0 N–H and O–H groups in total. The lowest BCUT2D eigenvalue weighted by atomic mass is 10.2. The number of aryl methyl sites for hydroxylation is 2. The molecular formula is C11H18N2O. The lowest BCUT2D eigenvalue weighted by Crippen LogP contribution is -2.13. The molecule has 0 radical (unpaired) electrons. The predicted octanol–water partition coefficient (Wildman–Crippen LogP) is 2.72. The molecule has 0 aliphatic rings. The molecule has 0 aliphatic heterocycles. The highest BCUT2D eigenvalue weighted by Gasteiger charge is 2.08. The zero-order valence-electron chi connectivity index (χ0n) is 9.21. The van der Waals surface area contributed by atoms with Crippen LogP contribution in [-0.2, 0) is 0 Å². The molecule has 1 rings (SSSR count). The van der Waals surface area contributed by atoms with E-state index in [2.05, 4.69) is 12.0 Å². The first-order valence-corrected chi connectivity index (χ1v) is 5.21. The zero-order chi connectivity index (χ0) is 10.6. The minimum atomic E-state index is 0.115. The quantitative estimate of drug-likeness (QED) is 0.691.